The Morgan fingerprint density at radius 1 is 0.843 bits per heavy atom. The first kappa shape index (κ1) is 60.6. The summed E-state index contributed by atoms with van der Waals surface area (Å²) < 4.78 is 50.4. The van der Waals surface area contributed by atoms with Crippen molar-refractivity contribution in [3.05, 3.63) is 124 Å². The van der Waals surface area contributed by atoms with Crippen molar-refractivity contribution in [3.63, 3.8) is 0 Å². The van der Waals surface area contributed by atoms with Crippen LogP contribution in [0.4, 0.5) is 26.0 Å². The monoisotopic (exact) mass is 1160 g/mol. The summed E-state index contributed by atoms with van der Waals surface area (Å²) in [4.78, 5) is 79.0. The van der Waals surface area contributed by atoms with Crippen LogP contribution in [-0.2, 0) is 51.0 Å². The number of anilines is 3. The van der Waals surface area contributed by atoms with E-state index in [-0.39, 0.29) is 107 Å². The second kappa shape index (κ2) is 28.0. The molecule has 21 heteroatoms. The van der Waals surface area contributed by atoms with Gasteiger partial charge in [-0.2, -0.15) is 5.10 Å². The van der Waals surface area contributed by atoms with Crippen LogP contribution in [0.15, 0.2) is 84.4 Å². The van der Waals surface area contributed by atoms with Crippen molar-refractivity contribution < 1.29 is 56.8 Å². The molecule has 3 atom stereocenters. The minimum Gasteiger partial charge on any atom is -0.391 e. The number of fused-ring (bicyclic) bond motifs is 1. The third-order valence-corrected chi connectivity index (χ3v) is 16.6. The summed E-state index contributed by atoms with van der Waals surface area (Å²) >= 11 is 1.58. The normalized spacial score (nSPS) is 17.3. The Bertz CT molecular complexity index is 3200. The number of carbonyl (C=O) groups excluding carboxylic acids is 5. The molecule has 4 N–H and O–H groups in total. The molecule has 6 aromatic rings. The Morgan fingerprint density at radius 2 is 1.54 bits per heavy atom. The van der Waals surface area contributed by atoms with Gasteiger partial charge in [0, 0.05) is 100.0 Å². The summed E-state index contributed by atoms with van der Waals surface area (Å²) in [5, 5.41) is 25.2. The number of benzene rings is 4. The predicted octanol–water partition coefficient (Wildman–Crippen LogP) is 8.19. The Kier molecular flexibility index (Phi) is 20.5. The molecule has 83 heavy (non-hydrogen) atoms. The number of nitrogens with one attached hydrogen (secondary N) is 3. The number of aryl methyl sites for hydroxylation is 2. The van der Waals surface area contributed by atoms with Crippen LogP contribution in [0.1, 0.15) is 85.6 Å². The van der Waals surface area contributed by atoms with Crippen molar-refractivity contribution in [1.29, 1.82) is 0 Å². The van der Waals surface area contributed by atoms with Crippen LogP contribution < -0.4 is 15.5 Å². The summed E-state index contributed by atoms with van der Waals surface area (Å²) in [5.41, 5.74) is 8.19. The average Bonchev–Trinajstić information content (AvgIpc) is 4.45. The number of Topliss-reactive ketones (excluding diaryl/α,β-unsaturated/α-hetero) is 2. The summed E-state index contributed by atoms with van der Waals surface area (Å²) in [7, 11) is 0. The minimum absolute atomic E-state index is 0.0352. The topological polar surface area (TPSA) is 218 Å². The van der Waals surface area contributed by atoms with Gasteiger partial charge in [-0.05, 0) is 103 Å². The lowest BCUT2D eigenvalue weighted by Gasteiger charge is -2.36. The number of hydrogen-bond donors (Lipinski definition) is 4. The molecule has 18 nitrogen and oxygen atoms in total. The number of aromatic nitrogens is 3. The summed E-state index contributed by atoms with van der Waals surface area (Å²) in [6, 6.07) is 22.0. The van der Waals surface area contributed by atoms with Crippen molar-refractivity contribution in [2.24, 2.45) is 11.3 Å². The minimum atomic E-state index is -0.833. The van der Waals surface area contributed by atoms with Crippen molar-refractivity contribution in [2.45, 2.75) is 90.8 Å². The van der Waals surface area contributed by atoms with Gasteiger partial charge < -0.3 is 49.4 Å². The average molecular weight is 1160 g/mol. The number of carbonyl (C=O) groups is 5. The van der Waals surface area contributed by atoms with Crippen molar-refractivity contribution in [3.8, 4) is 10.4 Å². The molecule has 3 saturated heterocycles. The van der Waals surface area contributed by atoms with Gasteiger partial charge in [0.1, 0.15) is 24.8 Å². The lowest BCUT2D eigenvalue weighted by Crippen LogP contribution is -2.49. The third-order valence-electron chi connectivity index (χ3n) is 15.6. The van der Waals surface area contributed by atoms with E-state index in [2.05, 4.69) is 30.7 Å². The number of ether oxygens (including phenoxy) is 4. The van der Waals surface area contributed by atoms with Gasteiger partial charge in [-0.1, -0.05) is 51.1 Å². The second-order valence-electron chi connectivity index (χ2n) is 22.7. The molecular formula is C62H74F2N8O10S. The molecule has 5 heterocycles. The molecule has 0 radical (unpaired) electrons. The Balaban J connectivity index is 0.678. The molecule has 4 aromatic carbocycles. The highest BCUT2D eigenvalue weighted by Crippen LogP contribution is 2.35. The van der Waals surface area contributed by atoms with Gasteiger partial charge in [-0.15, -0.1) is 11.3 Å². The van der Waals surface area contributed by atoms with Crippen LogP contribution >= 0.6 is 11.3 Å². The van der Waals surface area contributed by atoms with Gasteiger partial charge in [0.05, 0.1) is 65.7 Å². The van der Waals surface area contributed by atoms with Crippen LogP contribution in [-0.4, -0.2) is 163 Å². The largest absolute Gasteiger partial charge is 0.391 e. The first-order valence-corrected chi connectivity index (χ1v) is 29.3. The van der Waals surface area contributed by atoms with E-state index in [0.29, 0.717) is 79.3 Å². The SMILES string of the molecule is Cc1ncsc1-c1ccc(CCC(=O)[C@@H]2C[C@@H](O)CN2C(=O)[C@@H](CC(=O)COCCOCCOCC(=O)N2CCN(c3ccc(C(=O)Nc4n[nH]c5ccc(Cc6cc(F)cc(F)c6)cc45)c(NC4CCOCC4)c3)CC2)C(C)(C)C)cc1. The van der Waals surface area contributed by atoms with E-state index < -0.39 is 35.1 Å². The highest BCUT2D eigenvalue weighted by Gasteiger charge is 2.44. The lowest BCUT2D eigenvalue weighted by molar-refractivity contribution is -0.146. The van der Waals surface area contributed by atoms with E-state index in [1.165, 1.54) is 17.0 Å². The van der Waals surface area contributed by atoms with Crippen molar-refractivity contribution in [2.75, 3.05) is 101 Å². The van der Waals surface area contributed by atoms with Gasteiger partial charge in [0.25, 0.3) is 5.91 Å². The number of likely N-dealkylation sites (tertiary alicyclic amines) is 1. The number of aromatic amines is 1. The molecule has 0 saturated carbocycles. The number of nitrogens with zero attached hydrogens (tertiary/aromatic N) is 5. The molecule has 0 spiro atoms. The van der Waals surface area contributed by atoms with E-state index in [9.17, 15) is 37.9 Å². The van der Waals surface area contributed by atoms with Crippen LogP contribution in [0.2, 0.25) is 0 Å². The highest BCUT2D eigenvalue weighted by atomic mass is 32.1. The van der Waals surface area contributed by atoms with E-state index in [1.807, 2.05) is 87.8 Å². The van der Waals surface area contributed by atoms with Crippen LogP contribution in [0.25, 0.3) is 21.3 Å². The van der Waals surface area contributed by atoms with Crippen molar-refractivity contribution >= 4 is 68.7 Å². The van der Waals surface area contributed by atoms with Gasteiger partial charge in [0.15, 0.2) is 17.4 Å². The van der Waals surface area contributed by atoms with E-state index in [4.69, 9.17) is 18.9 Å². The smallest absolute Gasteiger partial charge is 0.258 e. The van der Waals surface area contributed by atoms with Crippen LogP contribution in [0.5, 0.6) is 0 Å². The standard InChI is InChI=1S/C62H74F2N8O10S/c1-39-58(83-38-65-39)43-9-5-40(6-10-43)8-14-56(75)55-34-48(73)35-72(55)61(78)52(62(2,3)4)33-49(74)36-81-25-23-80-24-26-82-37-57(76)71-19-17-70(18-20-71)47-11-12-50(54(32-47)66-46-15-21-79-22-16-46)60(77)67-59-51-30-41(7-13-53(51)68-69-59)27-42-28-44(63)31-45(64)29-42/h5-7,9-13,28-32,38,46,48,52,55,66,73H,8,14-27,33-37H2,1-4H3,(H2,67,68,69,77)/t48-,52-,55+/m1/s1. The Labute approximate surface area is 486 Å². The third kappa shape index (κ3) is 16.2. The number of piperazine rings is 1. The summed E-state index contributed by atoms with van der Waals surface area (Å²) in [6.45, 7) is 11.3. The number of halogens is 2. The zero-order chi connectivity index (χ0) is 58.6. The maximum Gasteiger partial charge on any atom is 0.258 e. The molecule has 0 unspecified atom stereocenters. The molecule has 442 valence electrons. The molecule has 0 bridgehead atoms. The van der Waals surface area contributed by atoms with E-state index >= 15 is 0 Å². The highest BCUT2D eigenvalue weighted by molar-refractivity contribution is 7.13. The molecule has 3 amide bonds. The predicted molar refractivity (Wildman–Crippen MR) is 313 cm³/mol. The Hall–Kier alpha value is -7.01. The van der Waals surface area contributed by atoms with Crippen molar-refractivity contribution in [1.82, 2.24) is 25.0 Å². The number of aliphatic hydroxyl groups excluding tert-OH is 1. The van der Waals surface area contributed by atoms with Gasteiger partial charge in [-0.25, -0.2) is 13.8 Å². The van der Waals surface area contributed by atoms with E-state index in [1.54, 1.807) is 22.3 Å². The van der Waals surface area contributed by atoms with Gasteiger partial charge in [-0.3, -0.25) is 29.1 Å². The second-order valence-corrected chi connectivity index (χ2v) is 23.5. The molecule has 9 rings (SSSR count). The maximum absolute atomic E-state index is 14.1. The number of aliphatic hydroxyl groups is 1. The maximum atomic E-state index is 14.1. The molecular weight excluding hydrogens is 1090 g/mol. The zero-order valence-electron chi connectivity index (χ0n) is 47.6. The Morgan fingerprint density at radius 3 is 2.24 bits per heavy atom. The fraction of sp³-hybridized carbons (Fsp3) is 0.468. The first-order valence-electron chi connectivity index (χ1n) is 28.5. The zero-order valence-corrected chi connectivity index (χ0v) is 48.4. The first-order chi connectivity index (χ1) is 39.9. The number of thiazole rings is 1. The van der Waals surface area contributed by atoms with Crippen LogP contribution in [0, 0.1) is 29.9 Å². The van der Waals surface area contributed by atoms with Gasteiger partial charge >= 0.3 is 0 Å². The van der Waals surface area contributed by atoms with Gasteiger partial charge in [0.2, 0.25) is 11.8 Å². The van der Waals surface area contributed by atoms with E-state index in [0.717, 1.165) is 51.9 Å². The number of β-amino-alcohol motifs (C(OH)–C–C–N with tert-alkyl or cyclic N) is 1. The molecule has 0 aliphatic carbocycles. The molecule has 3 aliphatic rings. The summed E-state index contributed by atoms with van der Waals surface area (Å²) in [6.07, 6.45) is 1.80. The quantitative estimate of drug-likeness (QED) is 0.0398. The number of hydrogen-bond acceptors (Lipinski definition) is 15. The fourth-order valence-corrected chi connectivity index (χ4v) is 11.7. The summed E-state index contributed by atoms with van der Waals surface area (Å²) in [5.74, 6) is -2.91. The number of amides is 3. The number of ketones is 2. The fourth-order valence-electron chi connectivity index (χ4n) is 10.9. The number of H-pyrrole nitrogens is 1. The lowest BCUT2D eigenvalue weighted by atomic mass is 9.76. The number of rotatable bonds is 25. The molecule has 3 aliphatic heterocycles. The van der Waals surface area contributed by atoms with Crippen LogP contribution in [0.3, 0.4) is 0 Å². The molecule has 2 aromatic heterocycles. The molecule has 3 fully saturated rings.